The van der Waals surface area contributed by atoms with Crippen LogP contribution in [0.5, 0.6) is 5.75 Å². The molecule has 0 aliphatic rings. The number of aromatic amines is 1. The standard InChI is InChI=1S/C17H21N5O4/c1-10-6-4-5-7-12(10)26-9-11(23)8-22-13-14(19-16(22)18-2)21(3)17(25)20-15(13)24/h4-7,11,23H,8-9H2,1-3H3,(H,18,19)(H,20,24,25)/t11-/m1/s1. The van der Waals surface area contributed by atoms with Crippen molar-refractivity contribution >= 4 is 17.1 Å². The molecule has 1 atom stereocenters. The number of para-hydroxylation sites is 1. The zero-order chi connectivity index (χ0) is 18.8. The van der Waals surface area contributed by atoms with Crippen molar-refractivity contribution in [2.24, 2.45) is 7.05 Å². The molecule has 2 heterocycles. The molecule has 0 fully saturated rings. The third kappa shape index (κ3) is 3.21. The van der Waals surface area contributed by atoms with Crippen LogP contribution in [-0.4, -0.2) is 44.0 Å². The summed E-state index contributed by atoms with van der Waals surface area (Å²) in [5.41, 5.74) is 0.332. The van der Waals surface area contributed by atoms with Crippen LogP contribution in [-0.2, 0) is 13.6 Å². The quantitative estimate of drug-likeness (QED) is 0.580. The Labute approximate surface area is 148 Å². The van der Waals surface area contributed by atoms with E-state index in [0.29, 0.717) is 11.7 Å². The molecule has 0 bridgehead atoms. The van der Waals surface area contributed by atoms with E-state index in [1.165, 1.54) is 11.6 Å². The van der Waals surface area contributed by atoms with Crippen LogP contribution in [0.1, 0.15) is 5.56 Å². The fraction of sp³-hybridized carbons (Fsp3) is 0.353. The Bertz CT molecular complexity index is 1050. The maximum absolute atomic E-state index is 12.2. The van der Waals surface area contributed by atoms with Crippen LogP contribution in [0.3, 0.4) is 0 Å². The molecule has 26 heavy (non-hydrogen) atoms. The van der Waals surface area contributed by atoms with Crippen molar-refractivity contribution in [3.05, 3.63) is 50.7 Å². The second kappa shape index (κ2) is 7.04. The molecule has 3 aromatic rings. The van der Waals surface area contributed by atoms with Crippen molar-refractivity contribution in [1.29, 1.82) is 0 Å². The molecule has 0 spiro atoms. The van der Waals surface area contributed by atoms with E-state index in [4.69, 9.17) is 4.74 Å². The number of aliphatic hydroxyl groups is 1. The van der Waals surface area contributed by atoms with E-state index < -0.39 is 17.4 Å². The average molecular weight is 359 g/mol. The second-order valence-electron chi connectivity index (χ2n) is 6.02. The van der Waals surface area contributed by atoms with Gasteiger partial charge in [0.25, 0.3) is 5.56 Å². The summed E-state index contributed by atoms with van der Waals surface area (Å²) in [6, 6.07) is 7.52. The van der Waals surface area contributed by atoms with Gasteiger partial charge in [-0.25, -0.2) is 4.79 Å². The molecule has 0 saturated carbocycles. The summed E-state index contributed by atoms with van der Waals surface area (Å²) in [5.74, 6) is 1.07. The van der Waals surface area contributed by atoms with Gasteiger partial charge in [0.2, 0.25) is 5.95 Å². The second-order valence-corrected chi connectivity index (χ2v) is 6.02. The van der Waals surface area contributed by atoms with E-state index in [9.17, 15) is 14.7 Å². The molecular formula is C17H21N5O4. The van der Waals surface area contributed by atoms with Crippen LogP contribution >= 0.6 is 0 Å². The largest absolute Gasteiger partial charge is 0.491 e. The molecule has 9 heteroatoms. The zero-order valence-electron chi connectivity index (χ0n) is 14.8. The molecule has 1 aromatic carbocycles. The third-order valence-corrected chi connectivity index (χ3v) is 4.15. The first-order valence-corrected chi connectivity index (χ1v) is 8.16. The van der Waals surface area contributed by atoms with E-state index in [2.05, 4.69) is 15.3 Å². The summed E-state index contributed by atoms with van der Waals surface area (Å²) in [5, 5.41) is 13.3. The van der Waals surface area contributed by atoms with Crippen LogP contribution in [0.15, 0.2) is 33.9 Å². The van der Waals surface area contributed by atoms with E-state index >= 15 is 0 Å². The van der Waals surface area contributed by atoms with Gasteiger partial charge in [-0.1, -0.05) is 18.2 Å². The van der Waals surface area contributed by atoms with Gasteiger partial charge in [-0.3, -0.25) is 14.3 Å². The van der Waals surface area contributed by atoms with Crippen LogP contribution in [0.2, 0.25) is 0 Å². The van der Waals surface area contributed by atoms with E-state index in [-0.39, 0.29) is 24.3 Å². The number of hydrogen-bond donors (Lipinski definition) is 3. The normalized spacial score (nSPS) is 12.3. The van der Waals surface area contributed by atoms with Crippen molar-refractivity contribution in [3.8, 4) is 5.75 Å². The van der Waals surface area contributed by atoms with Gasteiger partial charge in [0, 0.05) is 14.1 Å². The molecule has 3 rings (SSSR count). The van der Waals surface area contributed by atoms with Gasteiger partial charge >= 0.3 is 5.69 Å². The number of imidazole rings is 1. The lowest BCUT2D eigenvalue weighted by molar-refractivity contribution is 0.0935. The number of aromatic nitrogens is 4. The fourth-order valence-corrected chi connectivity index (χ4v) is 2.77. The Morgan fingerprint density at radius 1 is 1.35 bits per heavy atom. The SMILES string of the molecule is CNc1nc2c(c(=O)[nH]c(=O)n2C)n1C[C@@H](O)COc1ccccc1C. The lowest BCUT2D eigenvalue weighted by atomic mass is 10.2. The van der Waals surface area contributed by atoms with Crippen LogP contribution < -0.4 is 21.3 Å². The number of nitrogens with one attached hydrogen (secondary N) is 2. The summed E-state index contributed by atoms with van der Waals surface area (Å²) in [6.45, 7) is 2.06. The van der Waals surface area contributed by atoms with Gasteiger partial charge in [-0.05, 0) is 18.6 Å². The van der Waals surface area contributed by atoms with Gasteiger partial charge in [0.15, 0.2) is 11.2 Å². The number of rotatable bonds is 6. The molecule has 0 radical (unpaired) electrons. The van der Waals surface area contributed by atoms with Crippen molar-refractivity contribution in [3.63, 3.8) is 0 Å². The maximum atomic E-state index is 12.2. The van der Waals surface area contributed by atoms with E-state index in [1.54, 1.807) is 11.6 Å². The van der Waals surface area contributed by atoms with Crippen molar-refractivity contribution in [2.45, 2.75) is 19.6 Å². The Hall–Kier alpha value is -3.07. The number of benzene rings is 1. The summed E-state index contributed by atoms with van der Waals surface area (Å²) in [4.78, 5) is 30.5. The van der Waals surface area contributed by atoms with E-state index in [0.717, 1.165) is 5.56 Å². The molecule has 0 aliphatic heterocycles. The van der Waals surface area contributed by atoms with Gasteiger partial charge in [-0.2, -0.15) is 4.98 Å². The minimum Gasteiger partial charge on any atom is -0.491 e. The summed E-state index contributed by atoms with van der Waals surface area (Å²) < 4.78 is 8.46. The van der Waals surface area contributed by atoms with E-state index in [1.807, 2.05) is 31.2 Å². The number of fused-ring (bicyclic) bond motifs is 1. The van der Waals surface area contributed by atoms with Gasteiger partial charge < -0.3 is 19.7 Å². The number of ether oxygens (including phenoxy) is 1. The Morgan fingerprint density at radius 2 is 2.08 bits per heavy atom. The highest BCUT2D eigenvalue weighted by Gasteiger charge is 2.19. The molecule has 9 nitrogen and oxygen atoms in total. The maximum Gasteiger partial charge on any atom is 0.329 e. The fourth-order valence-electron chi connectivity index (χ4n) is 2.77. The molecular weight excluding hydrogens is 338 g/mol. The molecule has 138 valence electrons. The van der Waals surface area contributed by atoms with Gasteiger partial charge in [-0.15, -0.1) is 0 Å². The summed E-state index contributed by atoms with van der Waals surface area (Å²) in [7, 11) is 3.18. The number of aliphatic hydroxyl groups excluding tert-OH is 1. The Kier molecular flexibility index (Phi) is 4.81. The number of nitrogens with zero attached hydrogens (tertiary/aromatic N) is 3. The smallest absolute Gasteiger partial charge is 0.329 e. The number of aryl methyl sites for hydroxylation is 2. The first-order chi connectivity index (χ1) is 12.4. The highest BCUT2D eigenvalue weighted by Crippen LogP contribution is 2.18. The highest BCUT2D eigenvalue weighted by molar-refractivity contribution is 5.74. The van der Waals surface area contributed by atoms with Crippen LogP contribution in [0.25, 0.3) is 11.2 Å². The molecule has 0 saturated heterocycles. The molecule has 0 amide bonds. The van der Waals surface area contributed by atoms with Gasteiger partial charge in [0.05, 0.1) is 6.54 Å². The Balaban J connectivity index is 1.88. The lowest BCUT2D eigenvalue weighted by Crippen LogP contribution is -2.30. The van der Waals surface area contributed by atoms with Crippen molar-refractivity contribution in [2.75, 3.05) is 19.0 Å². The highest BCUT2D eigenvalue weighted by atomic mass is 16.5. The van der Waals surface area contributed by atoms with Gasteiger partial charge in [0.1, 0.15) is 18.5 Å². The number of hydrogen-bond acceptors (Lipinski definition) is 6. The first kappa shape index (κ1) is 17.7. The summed E-state index contributed by atoms with van der Waals surface area (Å²) >= 11 is 0. The van der Waals surface area contributed by atoms with Crippen molar-refractivity contribution < 1.29 is 9.84 Å². The topological polar surface area (TPSA) is 114 Å². The Morgan fingerprint density at radius 3 is 2.77 bits per heavy atom. The average Bonchev–Trinajstić information content (AvgIpc) is 2.98. The molecule has 3 N–H and O–H groups in total. The minimum atomic E-state index is -0.879. The molecule has 2 aromatic heterocycles. The van der Waals surface area contributed by atoms with Crippen LogP contribution in [0.4, 0.5) is 5.95 Å². The predicted octanol–water partition coefficient (Wildman–Crippen LogP) is 0.213. The third-order valence-electron chi connectivity index (χ3n) is 4.15. The molecule has 0 aliphatic carbocycles. The summed E-state index contributed by atoms with van der Waals surface area (Å²) in [6.07, 6.45) is -0.879. The first-order valence-electron chi connectivity index (χ1n) is 8.16. The lowest BCUT2D eigenvalue weighted by Gasteiger charge is -2.16. The minimum absolute atomic E-state index is 0.0529. The number of anilines is 1. The molecule has 0 unspecified atom stereocenters. The monoisotopic (exact) mass is 359 g/mol. The predicted molar refractivity (Wildman–Crippen MR) is 97.8 cm³/mol. The van der Waals surface area contributed by atoms with Crippen LogP contribution in [0, 0.1) is 6.92 Å². The zero-order valence-corrected chi connectivity index (χ0v) is 14.8. The number of H-pyrrole nitrogens is 1. The van der Waals surface area contributed by atoms with Crippen molar-refractivity contribution in [1.82, 2.24) is 19.1 Å².